The lowest BCUT2D eigenvalue weighted by atomic mass is 10.0. The zero-order chi connectivity index (χ0) is 20.1. The molecule has 2 heterocycles. The van der Waals surface area contributed by atoms with E-state index < -0.39 is 0 Å². The summed E-state index contributed by atoms with van der Waals surface area (Å²) in [4.78, 5) is 7.16. The Kier molecular flexibility index (Phi) is 6.32. The predicted octanol–water partition coefficient (Wildman–Crippen LogP) is 2.80. The molecular formula is C23H30N4O2. The fourth-order valence-electron chi connectivity index (χ4n) is 4.01. The van der Waals surface area contributed by atoms with Crippen molar-refractivity contribution in [3.63, 3.8) is 0 Å². The van der Waals surface area contributed by atoms with Crippen molar-refractivity contribution >= 4 is 5.96 Å². The Bertz CT molecular complexity index is 831. The fraction of sp³-hybridized carbons (Fsp3) is 0.435. The maximum Gasteiger partial charge on any atom is 0.189 e. The van der Waals surface area contributed by atoms with Crippen molar-refractivity contribution in [1.29, 1.82) is 0 Å². The molecule has 0 bridgehead atoms. The van der Waals surface area contributed by atoms with E-state index in [0.717, 1.165) is 44.0 Å². The first-order valence-electron chi connectivity index (χ1n) is 10.4. The summed E-state index contributed by atoms with van der Waals surface area (Å²) in [5.74, 6) is 1.41. The standard InChI is InChI=1S/C23H30N4O2/c1-17-6-8-18(9-7-17)21(27-11-14-28-15-12-27)16-25-23(24)26-20-10-13-29-22-5-3-2-4-19(20)22/h2-9,20-21H,10-16H2,1H3,(H3,24,25,26). The van der Waals surface area contributed by atoms with Crippen LogP contribution in [0.5, 0.6) is 5.75 Å². The molecule has 0 spiro atoms. The maximum absolute atomic E-state index is 6.30. The molecule has 2 atom stereocenters. The topological polar surface area (TPSA) is 72.1 Å². The number of nitrogens with one attached hydrogen (secondary N) is 1. The van der Waals surface area contributed by atoms with Gasteiger partial charge in [-0.1, -0.05) is 48.0 Å². The van der Waals surface area contributed by atoms with Crippen LogP contribution in [0.3, 0.4) is 0 Å². The van der Waals surface area contributed by atoms with Gasteiger partial charge < -0.3 is 20.5 Å². The van der Waals surface area contributed by atoms with Gasteiger partial charge in [0.1, 0.15) is 5.75 Å². The minimum absolute atomic E-state index is 0.130. The molecule has 1 saturated heterocycles. The van der Waals surface area contributed by atoms with Crippen LogP contribution in [-0.2, 0) is 4.74 Å². The third-order valence-corrected chi connectivity index (χ3v) is 5.66. The first-order valence-corrected chi connectivity index (χ1v) is 10.4. The first kappa shape index (κ1) is 19.7. The van der Waals surface area contributed by atoms with E-state index >= 15 is 0 Å². The van der Waals surface area contributed by atoms with Crippen LogP contribution in [0.1, 0.15) is 35.2 Å². The Labute approximate surface area is 172 Å². The number of fused-ring (bicyclic) bond motifs is 1. The number of hydrogen-bond acceptors (Lipinski definition) is 4. The second-order valence-electron chi connectivity index (χ2n) is 7.67. The number of nitrogens with two attached hydrogens (primary N) is 1. The van der Waals surface area contributed by atoms with Gasteiger partial charge in [-0.3, -0.25) is 9.89 Å². The van der Waals surface area contributed by atoms with E-state index in [4.69, 9.17) is 20.2 Å². The van der Waals surface area contributed by atoms with E-state index in [9.17, 15) is 0 Å². The Morgan fingerprint density at radius 3 is 2.69 bits per heavy atom. The van der Waals surface area contributed by atoms with Gasteiger partial charge in [0.25, 0.3) is 0 Å². The van der Waals surface area contributed by atoms with Crippen LogP contribution in [-0.4, -0.2) is 50.3 Å². The zero-order valence-corrected chi connectivity index (χ0v) is 17.0. The monoisotopic (exact) mass is 394 g/mol. The highest BCUT2D eigenvalue weighted by molar-refractivity contribution is 5.78. The molecule has 2 aromatic carbocycles. The van der Waals surface area contributed by atoms with Gasteiger partial charge >= 0.3 is 0 Å². The summed E-state index contributed by atoms with van der Waals surface area (Å²) in [6, 6.07) is 17.2. The number of morpholine rings is 1. The molecule has 2 aromatic rings. The summed E-state index contributed by atoms with van der Waals surface area (Å²) < 4.78 is 11.3. The summed E-state index contributed by atoms with van der Waals surface area (Å²) in [7, 11) is 0. The molecule has 2 unspecified atom stereocenters. The molecule has 0 saturated carbocycles. The van der Waals surface area contributed by atoms with Crippen LogP contribution in [0.15, 0.2) is 53.5 Å². The molecule has 154 valence electrons. The van der Waals surface area contributed by atoms with E-state index in [1.165, 1.54) is 11.1 Å². The number of hydrogen-bond donors (Lipinski definition) is 2. The highest BCUT2D eigenvalue weighted by atomic mass is 16.5. The fourth-order valence-corrected chi connectivity index (χ4v) is 4.01. The van der Waals surface area contributed by atoms with Crippen LogP contribution in [0, 0.1) is 6.92 Å². The molecule has 3 N–H and O–H groups in total. The lowest BCUT2D eigenvalue weighted by Gasteiger charge is -2.34. The van der Waals surface area contributed by atoms with Crippen LogP contribution in [0.25, 0.3) is 0 Å². The van der Waals surface area contributed by atoms with Crippen LogP contribution in [0.4, 0.5) is 0 Å². The summed E-state index contributed by atoms with van der Waals surface area (Å²) in [6.07, 6.45) is 0.873. The molecule has 1 fully saturated rings. The molecule has 2 aliphatic heterocycles. The molecule has 29 heavy (non-hydrogen) atoms. The lowest BCUT2D eigenvalue weighted by molar-refractivity contribution is 0.0180. The van der Waals surface area contributed by atoms with E-state index in [1.807, 2.05) is 18.2 Å². The van der Waals surface area contributed by atoms with Crippen molar-refractivity contribution in [2.45, 2.75) is 25.4 Å². The predicted molar refractivity (Wildman–Crippen MR) is 115 cm³/mol. The molecule has 6 heteroatoms. The van der Waals surface area contributed by atoms with Gasteiger partial charge in [0, 0.05) is 25.1 Å². The average molecular weight is 395 g/mol. The van der Waals surface area contributed by atoms with Crippen molar-refractivity contribution in [2.75, 3.05) is 39.5 Å². The highest BCUT2D eigenvalue weighted by Gasteiger charge is 2.24. The van der Waals surface area contributed by atoms with Crippen LogP contribution < -0.4 is 15.8 Å². The average Bonchev–Trinajstić information content (AvgIpc) is 2.76. The Balaban J connectivity index is 1.47. The number of guanidine groups is 1. The summed E-state index contributed by atoms with van der Waals surface area (Å²) in [5.41, 5.74) is 9.97. The van der Waals surface area contributed by atoms with E-state index in [1.54, 1.807) is 0 Å². The number of aliphatic imine (C=N–C) groups is 1. The zero-order valence-electron chi connectivity index (χ0n) is 17.0. The second kappa shape index (κ2) is 9.29. The smallest absolute Gasteiger partial charge is 0.189 e. The molecule has 6 nitrogen and oxygen atoms in total. The number of aryl methyl sites for hydroxylation is 1. The number of para-hydroxylation sites is 1. The van der Waals surface area contributed by atoms with Gasteiger partial charge in [-0.25, -0.2) is 0 Å². The van der Waals surface area contributed by atoms with Crippen LogP contribution in [0.2, 0.25) is 0 Å². The van der Waals surface area contributed by atoms with E-state index in [-0.39, 0.29) is 12.1 Å². The molecule has 0 amide bonds. The molecule has 0 radical (unpaired) electrons. The maximum atomic E-state index is 6.30. The minimum Gasteiger partial charge on any atom is -0.493 e. The highest BCUT2D eigenvalue weighted by Crippen LogP contribution is 2.31. The van der Waals surface area contributed by atoms with Gasteiger partial charge in [0.05, 0.1) is 38.4 Å². The van der Waals surface area contributed by atoms with Crippen molar-refractivity contribution in [3.05, 3.63) is 65.2 Å². The number of rotatable bonds is 5. The molecule has 2 aliphatic rings. The Morgan fingerprint density at radius 1 is 1.14 bits per heavy atom. The molecule has 4 rings (SSSR count). The quantitative estimate of drug-likeness (QED) is 0.603. The number of benzene rings is 2. The van der Waals surface area contributed by atoms with E-state index in [2.05, 4.69) is 47.5 Å². The summed E-state index contributed by atoms with van der Waals surface area (Å²) in [6.45, 7) is 6.76. The molecule has 0 aliphatic carbocycles. The SMILES string of the molecule is Cc1ccc(C(CN=C(N)NC2CCOc3ccccc32)N2CCOCC2)cc1. The number of ether oxygens (including phenoxy) is 2. The van der Waals surface area contributed by atoms with Gasteiger partial charge in [0.2, 0.25) is 0 Å². The van der Waals surface area contributed by atoms with Gasteiger partial charge in [-0.15, -0.1) is 0 Å². The van der Waals surface area contributed by atoms with Crippen molar-refractivity contribution in [2.24, 2.45) is 10.7 Å². The van der Waals surface area contributed by atoms with Gasteiger partial charge in [0.15, 0.2) is 5.96 Å². The largest absolute Gasteiger partial charge is 0.493 e. The Morgan fingerprint density at radius 2 is 1.90 bits per heavy atom. The minimum atomic E-state index is 0.130. The number of nitrogens with zero attached hydrogens (tertiary/aromatic N) is 2. The second-order valence-corrected chi connectivity index (χ2v) is 7.67. The van der Waals surface area contributed by atoms with Crippen molar-refractivity contribution in [1.82, 2.24) is 10.2 Å². The first-order chi connectivity index (χ1) is 14.2. The van der Waals surface area contributed by atoms with Gasteiger partial charge in [-0.05, 0) is 18.6 Å². The Hall–Kier alpha value is -2.57. The molecule has 0 aromatic heterocycles. The van der Waals surface area contributed by atoms with Gasteiger partial charge in [-0.2, -0.15) is 0 Å². The summed E-state index contributed by atoms with van der Waals surface area (Å²) in [5, 5.41) is 3.40. The summed E-state index contributed by atoms with van der Waals surface area (Å²) >= 11 is 0. The third kappa shape index (κ3) is 4.89. The van der Waals surface area contributed by atoms with Crippen LogP contribution >= 0.6 is 0 Å². The van der Waals surface area contributed by atoms with E-state index in [0.29, 0.717) is 19.1 Å². The molecular weight excluding hydrogens is 364 g/mol. The third-order valence-electron chi connectivity index (χ3n) is 5.66. The van der Waals surface area contributed by atoms with Crippen molar-refractivity contribution in [3.8, 4) is 5.75 Å². The normalized spacial score (nSPS) is 21.1. The van der Waals surface area contributed by atoms with Crippen molar-refractivity contribution < 1.29 is 9.47 Å². The lowest BCUT2D eigenvalue weighted by Crippen LogP contribution is -2.41.